The van der Waals surface area contributed by atoms with Crippen LogP contribution in [0.4, 0.5) is 4.79 Å². The van der Waals surface area contributed by atoms with Gasteiger partial charge in [0.05, 0.1) is 0 Å². The standard InChI is InChI=1S/C12H17N3O4S/c1-2-8-11(18)13-9(16)7-15(8)10(17)3-4-14-5-6-20-12(14)19/h8H,2-7H2,1H3,(H,13,16,18). The van der Waals surface area contributed by atoms with Crippen LogP contribution in [-0.2, 0) is 14.4 Å². The van der Waals surface area contributed by atoms with Crippen molar-refractivity contribution in [3.05, 3.63) is 0 Å². The van der Waals surface area contributed by atoms with E-state index >= 15 is 0 Å². The lowest BCUT2D eigenvalue weighted by molar-refractivity contribution is -0.150. The Bertz CT molecular complexity index is 454. The summed E-state index contributed by atoms with van der Waals surface area (Å²) in [4.78, 5) is 49.6. The second-order valence-electron chi connectivity index (χ2n) is 4.71. The van der Waals surface area contributed by atoms with E-state index in [0.29, 0.717) is 19.5 Å². The molecule has 0 aliphatic carbocycles. The van der Waals surface area contributed by atoms with Crippen LogP contribution in [0.3, 0.4) is 0 Å². The first-order valence-electron chi connectivity index (χ1n) is 6.57. The Balaban J connectivity index is 1.94. The summed E-state index contributed by atoms with van der Waals surface area (Å²) >= 11 is 1.24. The number of nitrogens with zero attached hydrogens (tertiary/aromatic N) is 2. The number of hydrogen-bond acceptors (Lipinski definition) is 5. The van der Waals surface area contributed by atoms with Gasteiger partial charge < -0.3 is 9.80 Å². The first-order valence-corrected chi connectivity index (χ1v) is 7.56. The van der Waals surface area contributed by atoms with Crippen LogP contribution in [0.15, 0.2) is 0 Å². The van der Waals surface area contributed by atoms with Crippen LogP contribution in [0.1, 0.15) is 19.8 Å². The van der Waals surface area contributed by atoms with Crippen molar-refractivity contribution in [2.45, 2.75) is 25.8 Å². The molecule has 20 heavy (non-hydrogen) atoms. The first kappa shape index (κ1) is 14.8. The van der Waals surface area contributed by atoms with E-state index in [1.54, 1.807) is 11.8 Å². The molecule has 0 bridgehead atoms. The van der Waals surface area contributed by atoms with Crippen molar-refractivity contribution in [2.75, 3.05) is 25.4 Å². The van der Waals surface area contributed by atoms with Crippen LogP contribution < -0.4 is 5.32 Å². The molecule has 4 amide bonds. The van der Waals surface area contributed by atoms with Crippen molar-refractivity contribution >= 4 is 34.7 Å². The number of nitrogens with one attached hydrogen (secondary N) is 1. The fourth-order valence-corrected chi connectivity index (χ4v) is 3.19. The summed E-state index contributed by atoms with van der Waals surface area (Å²) in [6, 6.07) is -0.594. The molecule has 2 saturated heterocycles. The molecule has 2 heterocycles. The summed E-state index contributed by atoms with van der Waals surface area (Å²) in [5.74, 6) is -0.398. The highest BCUT2D eigenvalue weighted by Crippen LogP contribution is 2.18. The topological polar surface area (TPSA) is 86.8 Å². The van der Waals surface area contributed by atoms with Crippen molar-refractivity contribution in [1.29, 1.82) is 0 Å². The van der Waals surface area contributed by atoms with Crippen LogP contribution in [0, 0.1) is 0 Å². The molecule has 0 saturated carbocycles. The van der Waals surface area contributed by atoms with E-state index in [9.17, 15) is 19.2 Å². The molecule has 2 fully saturated rings. The van der Waals surface area contributed by atoms with Crippen LogP contribution >= 0.6 is 11.8 Å². The maximum atomic E-state index is 12.2. The lowest BCUT2D eigenvalue weighted by atomic mass is 10.1. The number of carbonyl (C=O) groups is 4. The molecule has 1 unspecified atom stereocenters. The molecule has 110 valence electrons. The number of imide groups is 1. The van der Waals surface area contributed by atoms with Crippen molar-refractivity contribution < 1.29 is 19.2 Å². The second kappa shape index (κ2) is 6.25. The van der Waals surface area contributed by atoms with Gasteiger partial charge >= 0.3 is 0 Å². The average molecular weight is 299 g/mol. The van der Waals surface area contributed by atoms with E-state index in [1.807, 2.05) is 0 Å². The molecule has 2 rings (SSSR count). The molecule has 2 aliphatic heterocycles. The Kier molecular flexibility index (Phi) is 4.64. The predicted molar refractivity (Wildman–Crippen MR) is 73.0 cm³/mol. The Hall–Kier alpha value is -1.57. The van der Waals surface area contributed by atoms with E-state index in [-0.39, 0.29) is 24.1 Å². The molecule has 2 aliphatic rings. The Labute approximate surface area is 121 Å². The molecule has 0 aromatic rings. The molecule has 1 atom stereocenters. The molecule has 0 radical (unpaired) electrons. The van der Waals surface area contributed by atoms with E-state index in [1.165, 1.54) is 16.7 Å². The third-order valence-corrected chi connectivity index (χ3v) is 4.29. The lowest BCUT2D eigenvalue weighted by Gasteiger charge is -2.33. The summed E-state index contributed by atoms with van der Waals surface area (Å²) in [6.45, 7) is 2.69. The number of rotatable bonds is 4. The van der Waals surface area contributed by atoms with Crippen LogP contribution in [0.2, 0.25) is 0 Å². The number of carbonyl (C=O) groups excluding carboxylic acids is 4. The van der Waals surface area contributed by atoms with Crippen molar-refractivity contribution in [2.24, 2.45) is 0 Å². The molecule has 7 nitrogen and oxygen atoms in total. The Morgan fingerprint density at radius 2 is 2.15 bits per heavy atom. The SMILES string of the molecule is CCC1C(=O)NC(=O)CN1C(=O)CCN1CCSC1=O. The van der Waals surface area contributed by atoms with Gasteiger partial charge in [0.15, 0.2) is 0 Å². The van der Waals surface area contributed by atoms with Crippen LogP contribution in [0.5, 0.6) is 0 Å². The van der Waals surface area contributed by atoms with Gasteiger partial charge in [0.25, 0.3) is 5.24 Å². The summed E-state index contributed by atoms with van der Waals surface area (Å²) in [6.07, 6.45) is 0.604. The van der Waals surface area contributed by atoms with E-state index < -0.39 is 17.9 Å². The fourth-order valence-electron chi connectivity index (χ4n) is 2.34. The minimum Gasteiger partial charge on any atom is -0.332 e. The van der Waals surface area contributed by atoms with Crippen molar-refractivity contribution in [3.63, 3.8) is 0 Å². The van der Waals surface area contributed by atoms with Gasteiger partial charge in [0.2, 0.25) is 17.7 Å². The molecule has 8 heteroatoms. The molecule has 1 N–H and O–H groups in total. The smallest absolute Gasteiger partial charge is 0.281 e. The normalized spacial score (nSPS) is 23.2. The van der Waals surface area contributed by atoms with Crippen molar-refractivity contribution in [1.82, 2.24) is 15.1 Å². The van der Waals surface area contributed by atoms with Gasteiger partial charge in [0.1, 0.15) is 12.6 Å². The molecular weight excluding hydrogens is 282 g/mol. The van der Waals surface area contributed by atoms with Crippen LogP contribution in [-0.4, -0.2) is 64.2 Å². The minimum atomic E-state index is -0.594. The van der Waals surface area contributed by atoms with E-state index in [0.717, 1.165) is 5.75 Å². The highest BCUT2D eigenvalue weighted by molar-refractivity contribution is 8.13. The third-order valence-electron chi connectivity index (χ3n) is 3.40. The van der Waals surface area contributed by atoms with Gasteiger partial charge in [-0.1, -0.05) is 18.7 Å². The summed E-state index contributed by atoms with van der Waals surface area (Å²) in [7, 11) is 0. The Morgan fingerprint density at radius 1 is 1.40 bits per heavy atom. The summed E-state index contributed by atoms with van der Waals surface area (Å²) < 4.78 is 0. The number of piperazine rings is 1. The zero-order valence-corrected chi connectivity index (χ0v) is 12.1. The number of thioether (sulfide) groups is 1. The molecule has 0 spiro atoms. The minimum absolute atomic E-state index is 0.0164. The number of amides is 4. The highest BCUT2D eigenvalue weighted by atomic mass is 32.2. The summed E-state index contributed by atoms with van der Waals surface area (Å²) in [5.41, 5.74) is 0. The molecule has 0 aromatic carbocycles. The van der Waals surface area contributed by atoms with Gasteiger partial charge in [-0.15, -0.1) is 0 Å². The Morgan fingerprint density at radius 3 is 2.75 bits per heavy atom. The summed E-state index contributed by atoms with van der Waals surface area (Å²) in [5, 5.41) is 2.21. The first-order chi connectivity index (χ1) is 9.52. The van der Waals surface area contributed by atoms with Gasteiger partial charge in [-0.25, -0.2) is 0 Å². The number of hydrogen-bond donors (Lipinski definition) is 1. The molecular formula is C12H17N3O4S. The zero-order chi connectivity index (χ0) is 14.7. The predicted octanol–water partition coefficient (Wildman–Crippen LogP) is -0.191. The van der Waals surface area contributed by atoms with Gasteiger partial charge in [-0.3, -0.25) is 24.5 Å². The van der Waals surface area contributed by atoms with Crippen LogP contribution in [0.25, 0.3) is 0 Å². The van der Waals surface area contributed by atoms with Gasteiger partial charge in [0, 0.05) is 25.3 Å². The van der Waals surface area contributed by atoms with Gasteiger partial charge in [-0.2, -0.15) is 0 Å². The van der Waals surface area contributed by atoms with E-state index in [2.05, 4.69) is 5.32 Å². The van der Waals surface area contributed by atoms with Gasteiger partial charge in [-0.05, 0) is 6.42 Å². The lowest BCUT2D eigenvalue weighted by Crippen LogP contribution is -2.59. The monoisotopic (exact) mass is 299 g/mol. The third kappa shape index (κ3) is 3.12. The zero-order valence-electron chi connectivity index (χ0n) is 11.3. The largest absolute Gasteiger partial charge is 0.332 e. The van der Waals surface area contributed by atoms with E-state index in [4.69, 9.17) is 0 Å². The van der Waals surface area contributed by atoms with Crippen molar-refractivity contribution in [3.8, 4) is 0 Å². The quantitative estimate of drug-likeness (QED) is 0.727. The second-order valence-corrected chi connectivity index (χ2v) is 5.76. The fraction of sp³-hybridized carbons (Fsp3) is 0.667. The highest BCUT2D eigenvalue weighted by Gasteiger charge is 2.35. The maximum absolute atomic E-state index is 12.2. The maximum Gasteiger partial charge on any atom is 0.281 e. The molecule has 0 aromatic heterocycles. The average Bonchev–Trinajstić information content (AvgIpc) is 2.80.